The molecule has 2 rings (SSSR count). The molecule has 2 aromatic rings. The summed E-state index contributed by atoms with van der Waals surface area (Å²) in [4.78, 5) is 20.8. The minimum Gasteiger partial charge on any atom is -0.490 e. The van der Waals surface area contributed by atoms with Crippen LogP contribution in [-0.2, 0) is 4.79 Å². The lowest BCUT2D eigenvalue weighted by Crippen LogP contribution is -2.20. The Labute approximate surface area is 200 Å². The van der Waals surface area contributed by atoms with E-state index < -0.39 is 5.97 Å². The van der Waals surface area contributed by atoms with E-state index in [-0.39, 0.29) is 11.8 Å². The lowest BCUT2D eigenvalue weighted by atomic mass is 9.83. The summed E-state index contributed by atoms with van der Waals surface area (Å²) in [5.74, 6) is 0.256. The first-order valence-electron chi connectivity index (χ1n) is 12.8. The van der Waals surface area contributed by atoms with Gasteiger partial charge in [-0.3, -0.25) is 4.79 Å². The number of benzene rings is 1. The van der Waals surface area contributed by atoms with Gasteiger partial charge in [0.25, 0.3) is 0 Å². The van der Waals surface area contributed by atoms with Gasteiger partial charge in [-0.25, -0.2) is 9.97 Å². The second-order valence-corrected chi connectivity index (χ2v) is 9.06. The topological polar surface area (TPSA) is 72.3 Å². The van der Waals surface area contributed by atoms with Gasteiger partial charge in [0, 0.05) is 5.56 Å². The summed E-state index contributed by atoms with van der Waals surface area (Å²) in [6.07, 6.45) is 15.9. The van der Waals surface area contributed by atoms with Crippen LogP contribution in [0.5, 0.6) is 5.75 Å². The summed E-state index contributed by atoms with van der Waals surface area (Å²) in [5.41, 5.74) is 1.97. The summed E-state index contributed by atoms with van der Waals surface area (Å²) >= 11 is 0. The zero-order valence-corrected chi connectivity index (χ0v) is 20.8. The maximum Gasteiger partial charge on any atom is 0.307 e. The molecular formula is C28H42N2O3. The molecule has 5 nitrogen and oxygen atoms in total. The molecule has 0 aliphatic heterocycles. The number of hydrogen-bond acceptors (Lipinski definition) is 4. The fourth-order valence-electron chi connectivity index (χ4n) is 4.16. The normalized spacial score (nSPS) is 12.9. The van der Waals surface area contributed by atoms with Crippen molar-refractivity contribution in [3.05, 3.63) is 42.2 Å². The average molecular weight is 455 g/mol. The van der Waals surface area contributed by atoms with E-state index in [0.29, 0.717) is 18.2 Å². The summed E-state index contributed by atoms with van der Waals surface area (Å²) in [5, 5.41) is 9.78. The van der Waals surface area contributed by atoms with E-state index in [4.69, 9.17) is 4.74 Å². The molecule has 0 bridgehead atoms. The molecule has 2 unspecified atom stereocenters. The van der Waals surface area contributed by atoms with Crippen LogP contribution in [0.15, 0.2) is 36.7 Å². The largest absolute Gasteiger partial charge is 0.490 e. The van der Waals surface area contributed by atoms with Crippen molar-refractivity contribution in [3.8, 4) is 17.1 Å². The second kappa shape index (κ2) is 15.4. The number of carbonyl (C=O) groups is 1. The molecule has 1 aromatic heterocycles. The first kappa shape index (κ1) is 26.8. The zero-order valence-electron chi connectivity index (χ0n) is 20.8. The van der Waals surface area contributed by atoms with Crippen molar-refractivity contribution in [3.63, 3.8) is 0 Å². The van der Waals surface area contributed by atoms with E-state index in [0.717, 1.165) is 36.8 Å². The van der Waals surface area contributed by atoms with Gasteiger partial charge in [0.1, 0.15) is 0 Å². The fraction of sp³-hybridized carbons (Fsp3) is 0.607. The molecule has 0 fully saturated rings. The highest BCUT2D eigenvalue weighted by Crippen LogP contribution is 2.30. The average Bonchev–Trinajstić information content (AvgIpc) is 2.83. The van der Waals surface area contributed by atoms with Crippen molar-refractivity contribution in [2.75, 3.05) is 6.61 Å². The van der Waals surface area contributed by atoms with E-state index in [1.807, 2.05) is 31.2 Å². The zero-order chi connectivity index (χ0) is 23.9. The monoisotopic (exact) mass is 454 g/mol. The Morgan fingerprint density at radius 3 is 2.06 bits per heavy atom. The van der Waals surface area contributed by atoms with Crippen LogP contribution in [-0.4, -0.2) is 27.7 Å². The molecule has 0 saturated carbocycles. The Balaban J connectivity index is 1.89. The van der Waals surface area contributed by atoms with Crippen molar-refractivity contribution < 1.29 is 14.6 Å². The number of ether oxygens (including phenoxy) is 1. The Hall–Kier alpha value is -2.43. The number of aromatic nitrogens is 2. The molecule has 182 valence electrons. The fourth-order valence-corrected chi connectivity index (χ4v) is 4.16. The molecular weight excluding hydrogens is 412 g/mol. The van der Waals surface area contributed by atoms with Gasteiger partial charge >= 0.3 is 5.97 Å². The summed E-state index contributed by atoms with van der Waals surface area (Å²) in [6.45, 7) is 7.12. The summed E-state index contributed by atoms with van der Waals surface area (Å²) in [6, 6.07) is 7.99. The lowest BCUT2D eigenvalue weighted by molar-refractivity contribution is -0.142. The molecule has 1 aromatic carbocycles. The molecule has 1 N–H and O–H groups in total. The van der Waals surface area contributed by atoms with Crippen LogP contribution in [0.25, 0.3) is 11.4 Å². The Bertz CT molecular complexity index is 790. The van der Waals surface area contributed by atoms with Crippen LogP contribution in [0.3, 0.4) is 0 Å². The molecule has 1 heterocycles. The van der Waals surface area contributed by atoms with Crippen molar-refractivity contribution in [1.82, 2.24) is 9.97 Å². The van der Waals surface area contributed by atoms with Gasteiger partial charge in [-0.2, -0.15) is 0 Å². The Morgan fingerprint density at radius 2 is 1.45 bits per heavy atom. The molecule has 0 radical (unpaired) electrons. The molecule has 0 aliphatic rings. The molecule has 0 saturated heterocycles. The number of rotatable bonds is 17. The third-order valence-electron chi connectivity index (χ3n) is 6.38. The minimum absolute atomic E-state index is 0.0309. The van der Waals surface area contributed by atoms with Crippen molar-refractivity contribution >= 4 is 5.97 Å². The molecule has 0 amide bonds. The first-order chi connectivity index (χ1) is 16.1. The van der Waals surface area contributed by atoms with E-state index in [2.05, 4.69) is 23.8 Å². The third kappa shape index (κ3) is 9.53. The predicted molar refractivity (Wildman–Crippen MR) is 135 cm³/mol. The van der Waals surface area contributed by atoms with Crippen LogP contribution in [0.4, 0.5) is 0 Å². The maximum absolute atomic E-state index is 11.9. The van der Waals surface area contributed by atoms with Gasteiger partial charge in [-0.1, -0.05) is 103 Å². The molecule has 0 aliphatic carbocycles. The minimum atomic E-state index is -0.700. The predicted octanol–water partition coefficient (Wildman–Crippen LogP) is 7.66. The van der Waals surface area contributed by atoms with Crippen LogP contribution >= 0.6 is 0 Å². The number of carboxylic acids is 1. The van der Waals surface area contributed by atoms with E-state index in [1.165, 1.54) is 44.9 Å². The molecule has 5 heteroatoms. The highest BCUT2D eigenvalue weighted by atomic mass is 16.5. The Kier molecular flexibility index (Phi) is 12.5. The quantitative estimate of drug-likeness (QED) is 0.248. The smallest absolute Gasteiger partial charge is 0.307 e. The van der Waals surface area contributed by atoms with Gasteiger partial charge in [0.15, 0.2) is 11.6 Å². The van der Waals surface area contributed by atoms with Gasteiger partial charge in [0.2, 0.25) is 0 Å². The SMILES string of the molecule is CCCCCCCCC(C(=O)O)C(C)c1ccc(-c2ncc(OCCCCCC)cn2)cc1. The summed E-state index contributed by atoms with van der Waals surface area (Å²) in [7, 11) is 0. The molecule has 2 atom stereocenters. The van der Waals surface area contributed by atoms with E-state index >= 15 is 0 Å². The number of nitrogens with zero attached hydrogens (tertiary/aromatic N) is 2. The van der Waals surface area contributed by atoms with Crippen molar-refractivity contribution in [1.29, 1.82) is 0 Å². The van der Waals surface area contributed by atoms with E-state index in [9.17, 15) is 9.90 Å². The highest BCUT2D eigenvalue weighted by molar-refractivity contribution is 5.71. The van der Waals surface area contributed by atoms with Gasteiger partial charge in [-0.05, 0) is 24.3 Å². The molecule has 0 spiro atoms. The van der Waals surface area contributed by atoms with Crippen LogP contribution in [0, 0.1) is 5.92 Å². The molecule has 33 heavy (non-hydrogen) atoms. The first-order valence-corrected chi connectivity index (χ1v) is 12.8. The van der Waals surface area contributed by atoms with Gasteiger partial charge in [0.05, 0.1) is 24.9 Å². The number of unbranched alkanes of at least 4 members (excludes halogenated alkanes) is 8. The van der Waals surface area contributed by atoms with Gasteiger partial charge < -0.3 is 9.84 Å². The van der Waals surface area contributed by atoms with Crippen LogP contribution in [0.2, 0.25) is 0 Å². The second-order valence-electron chi connectivity index (χ2n) is 9.06. The van der Waals surface area contributed by atoms with Crippen molar-refractivity contribution in [2.24, 2.45) is 5.92 Å². The highest BCUT2D eigenvalue weighted by Gasteiger charge is 2.25. The summed E-state index contributed by atoms with van der Waals surface area (Å²) < 4.78 is 5.72. The van der Waals surface area contributed by atoms with Crippen LogP contribution in [0.1, 0.15) is 103 Å². The van der Waals surface area contributed by atoms with Gasteiger partial charge in [-0.15, -0.1) is 0 Å². The maximum atomic E-state index is 11.9. The number of carboxylic acid groups (broad SMARTS) is 1. The Morgan fingerprint density at radius 1 is 0.879 bits per heavy atom. The van der Waals surface area contributed by atoms with E-state index in [1.54, 1.807) is 12.4 Å². The number of hydrogen-bond donors (Lipinski definition) is 1. The lowest BCUT2D eigenvalue weighted by Gasteiger charge is -2.21. The number of aliphatic carboxylic acids is 1. The van der Waals surface area contributed by atoms with Crippen LogP contribution < -0.4 is 4.74 Å². The standard InChI is InChI=1S/C28H42N2O3/c1-4-6-8-10-11-12-14-26(28(31)32)22(3)23-15-17-24(18-16-23)27-29-20-25(21-30-27)33-19-13-9-7-5-2/h15-18,20-22,26H,4-14,19H2,1-3H3,(H,31,32). The van der Waals surface area contributed by atoms with Crippen molar-refractivity contribution in [2.45, 2.75) is 97.3 Å². The third-order valence-corrected chi connectivity index (χ3v) is 6.38.